The number of halogens is 1. The number of nitrogens with zero attached hydrogens (tertiary/aromatic N) is 2. The lowest BCUT2D eigenvalue weighted by Gasteiger charge is -2.08. The summed E-state index contributed by atoms with van der Waals surface area (Å²) in [5.74, 6) is -0.108. The number of aromatic nitrogens is 2. The molecule has 0 aliphatic carbocycles. The maximum Gasteiger partial charge on any atom is 0.335 e. The van der Waals surface area contributed by atoms with Crippen LogP contribution in [-0.4, -0.2) is 25.7 Å². The van der Waals surface area contributed by atoms with Crippen LogP contribution < -0.4 is 0 Å². The molecule has 3 rings (SSSR count). The van der Waals surface area contributed by atoms with E-state index < -0.39 is 5.97 Å². The van der Waals surface area contributed by atoms with Gasteiger partial charge in [-0.2, -0.15) is 0 Å². The molecule has 112 valence electrons. The number of carbonyl (C=O) groups is 1. The van der Waals surface area contributed by atoms with E-state index in [1.807, 2.05) is 11.5 Å². The minimum atomic E-state index is -0.978. The van der Waals surface area contributed by atoms with E-state index in [0.29, 0.717) is 17.1 Å². The number of aromatic hydroxyl groups is 1. The van der Waals surface area contributed by atoms with Gasteiger partial charge in [0.05, 0.1) is 16.6 Å². The summed E-state index contributed by atoms with van der Waals surface area (Å²) >= 11 is 5.95. The van der Waals surface area contributed by atoms with E-state index in [1.54, 1.807) is 30.3 Å². The van der Waals surface area contributed by atoms with Crippen molar-refractivity contribution in [2.75, 3.05) is 0 Å². The maximum absolute atomic E-state index is 11.0. The lowest BCUT2D eigenvalue weighted by Crippen LogP contribution is -2.02. The first-order chi connectivity index (χ1) is 10.4. The number of phenols is 1. The molecule has 2 N–H and O–H groups in total. The second-order valence-corrected chi connectivity index (χ2v) is 5.51. The van der Waals surface area contributed by atoms with Gasteiger partial charge in [0.2, 0.25) is 0 Å². The molecule has 0 unspecified atom stereocenters. The van der Waals surface area contributed by atoms with Gasteiger partial charge in [-0.3, -0.25) is 0 Å². The highest BCUT2D eigenvalue weighted by Gasteiger charge is 2.11. The molecule has 3 aromatic rings. The molecule has 0 radical (unpaired) electrons. The molecule has 0 amide bonds. The van der Waals surface area contributed by atoms with Crippen LogP contribution in [0.5, 0.6) is 5.75 Å². The highest BCUT2D eigenvalue weighted by molar-refractivity contribution is 6.30. The molecule has 0 atom stereocenters. The van der Waals surface area contributed by atoms with Crippen molar-refractivity contribution in [3.8, 4) is 5.75 Å². The van der Waals surface area contributed by atoms with Crippen molar-refractivity contribution in [1.29, 1.82) is 0 Å². The molecule has 22 heavy (non-hydrogen) atoms. The lowest BCUT2D eigenvalue weighted by atomic mass is 10.2. The van der Waals surface area contributed by atoms with Crippen LogP contribution in [0.1, 0.15) is 21.7 Å². The minimum Gasteiger partial charge on any atom is -0.508 e. The van der Waals surface area contributed by atoms with Gasteiger partial charge < -0.3 is 14.8 Å². The standard InChI is InChI=1S/C16H13ClN2O3/c1-9-18-14-6-11(16(21)22)2-3-15(14)19(9)8-10-4-12(17)7-13(20)5-10/h2-7,20H,8H2,1H3,(H,21,22). The molecule has 0 bridgehead atoms. The van der Waals surface area contributed by atoms with E-state index >= 15 is 0 Å². The molecule has 0 fully saturated rings. The van der Waals surface area contributed by atoms with Gasteiger partial charge in [-0.25, -0.2) is 9.78 Å². The summed E-state index contributed by atoms with van der Waals surface area (Å²) in [7, 11) is 0. The maximum atomic E-state index is 11.0. The summed E-state index contributed by atoms with van der Waals surface area (Å²) in [6.07, 6.45) is 0. The molecule has 0 saturated heterocycles. The Morgan fingerprint density at radius 2 is 2.05 bits per heavy atom. The Labute approximate surface area is 131 Å². The third kappa shape index (κ3) is 2.63. The number of aryl methyl sites for hydroxylation is 1. The van der Waals surface area contributed by atoms with Crippen LogP contribution in [0.3, 0.4) is 0 Å². The third-order valence-corrected chi connectivity index (χ3v) is 3.69. The van der Waals surface area contributed by atoms with Crippen molar-refractivity contribution in [2.24, 2.45) is 0 Å². The molecule has 0 spiro atoms. The Morgan fingerprint density at radius 3 is 2.73 bits per heavy atom. The zero-order valence-corrected chi connectivity index (χ0v) is 12.5. The number of carboxylic acid groups (broad SMARTS) is 1. The number of fused-ring (bicyclic) bond motifs is 1. The first kappa shape index (κ1) is 14.4. The van der Waals surface area contributed by atoms with E-state index in [2.05, 4.69) is 4.98 Å². The Kier molecular flexibility index (Phi) is 3.50. The number of imidazole rings is 1. The molecular formula is C16H13ClN2O3. The quantitative estimate of drug-likeness (QED) is 0.776. The minimum absolute atomic E-state index is 0.109. The van der Waals surface area contributed by atoms with Crippen LogP contribution in [0.25, 0.3) is 11.0 Å². The van der Waals surface area contributed by atoms with E-state index in [1.165, 1.54) is 6.07 Å². The second kappa shape index (κ2) is 5.35. The lowest BCUT2D eigenvalue weighted by molar-refractivity contribution is 0.0697. The van der Waals surface area contributed by atoms with Gasteiger partial charge >= 0.3 is 5.97 Å². The first-order valence-corrected chi connectivity index (χ1v) is 7.00. The van der Waals surface area contributed by atoms with Crippen LogP contribution in [0.4, 0.5) is 0 Å². The number of rotatable bonds is 3. The Hall–Kier alpha value is -2.53. The third-order valence-electron chi connectivity index (χ3n) is 3.47. The number of hydrogen-bond acceptors (Lipinski definition) is 3. The van der Waals surface area contributed by atoms with Gasteiger partial charge in [0.25, 0.3) is 0 Å². The van der Waals surface area contributed by atoms with Crippen molar-refractivity contribution >= 4 is 28.6 Å². The zero-order chi connectivity index (χ0) is 15.9. The fourth-order valence-electron chi connectivity index (χ4n) is 2.49. The first-order valence-electron chi connectivity index (χ1n) is 6.62. The summed E-state index contributed by atoms with van der Waals surface area (Å²) in [5.41, 5.74) is 2.51. The molecular weight excluding hydrogens is 304 g/mol. The Morgan fingerprint density at radius 1 is 1.27 bits per heavy atom. The highest BCUT2D eigenvalue weighted by Crippen LogP contribution is 2.23. The summed E-state index contributed by atoms with van der Waals surface area (Å²) in [6.45, 7) is 2.34. The van der Waals surface area contributed by atoms with Crippen LogP contribution in [-0.2, 0) is 6.54 Å². The smallest absolute Gasteiger partial charge is 0.335 e. The largest absolute Gasteiger partial charge is 0.508 e. The van der Waals surface area contributed by atoms with Crippen LogP contribution >= 0.6 is 11.6 Å². The molecule has 0 saturated carbocycles. The average molecular weight is 317 g/mol. The summed E-state index contributed by atoms with van der Waals surface area (Å²) in [4.78, 5) is 15.4. The summed E-state index contributed by atoms with van der Waals surface area (Å²) in [5, 5.41) is 19.1. The molecule has 1 aromatic heterocycles. The molecule has 5 nitrogen and oxygen atoms in total. The molecule has 0 aliphatic rings. The molecule has 1 heterocycles. The average Bonchev–Trinajstić information content (AvgIpc) is 2.73. The summed E-state index contributed by atoms with van der Waals surface area (Å²) < 4.78 is 1.95. The van der Waals surface area contributed by atoms with Gasteiger partial charge in [-0.15, -0.1) is 0 Å². The number of benzene rings is 2. The van der Waals surface area contributed by atoms with E-state index in [9.17, 15) is 9.90 Å². The van der Waals surface area contributed by atoms with Crippen molar-refractivity contribution in [1.82, 2.24) is 9.55 Å². The van der Waals surface area contributed by atoms with Crippen molar-refractivity contribution in [3.63, 3.8) is 0 Å². The monoisotopic (exact) mass is 316 g/mol. The van der Waals surface area contributed by atoms with Gasteiger partial charge in [0.1, 0.15) is 11.6 Å². The van der Waals surface area contributed by atoms with Crippen LogP contribution in [0, 0.1) is 6.92 Å². The highest BCUT2D eigenvalue weighted by atomic mass is 35.5. The van der Waals surface area contributed by atoms with Gasteiger partial charge in [0.15, 0.2) is 0 Å². The number of phenolic OH excluding ortho intramolecular Hbond substituents is 1. The van der Waals surface area contributed by atoms with Crippen molar-refractivity contribution < 1.29 is 15.0 Å². The van der Waals surface area contributed by atoms with E-state index in [4.69, 9.17) is 16.7 Å². The van der Waals surface area contributed by atoms with Crippen LogP contribution in [0.15, 0.2) is 36.4 Å². The second-order valence-electron chi connectivity index (χ2n) is 5.07. The number of hydrogen-bond donors (Lipinski definition) is 2. The van der Waals surface area contributed by atoms with Gasteiger partial charge in [-0.1, -0.05) is 11.6 Å². The van der Waals surface area contributed by atoms with Gasteiger partial charge in [-0.05, 0) is 48.9 Å². The Balaban J connectivity index is 2.07. The SMILES string of the molecule is Cc1nc2cc(C(=O)O)ccc2n1Cc1cc(O)cc(Cl)c1. The molecule has 2 aromatic carbocycles. The number of aromatic carboxylic acids is 1. The van der Waals surface area contributed by atoms with Crippen molar-refractivity contribution in [2.45, 2.75) is 13.5 Å². The van der Waals surface area contributed by atoms with E-state index in [0.717, 1.165) is 16.9 Å². The fraction of sp³-hybridized carbons (Fsp3) is 0.125. The normalized spacial score (nSPS) is 11.0. The molecule has 0 aliphatic heterocycles. The zero-order valence-electron chi connectivity index (χ0n) is 11.7. The predicted molar refractivity (Wildman–Crippen MR) is 83.6 cm³/mol. The topological polar surface area (TPSA) is 75.3 Å². The number of carboxylic acids is 1. The van der Waals surface area contributed by atoms with Crippen LogP contribution in [0.2, 0.25) is 5.02 Å². The van der Waals surface area contributed by atoms with Gasteiger partial charge in [0, 0.05) is 11.6 Å². The van der Waals surface area contributed by atoms with E-state index in [-0.39, 0.29) is 11.3 Å². The predicted octanol–water partition coefficient (Wildman–Crippen LogP) is 3.45. The fourth-order valence-corrected chi connectivity index (χ4v) is 2.74. The summed E-state index contributed by atoms with van der Waals surface area (Å²) in [6, 6.07) is 9.74. The van der Waals surface area contributed by atoms with Crippen molar-refractivity contribution in [3.05, 3.63) is 58.4 Å². The molecule has 6 heteroatoms. The Bertz CT molecular complexity index is 866.